The molecule has 1 spiro atoms. The molecule has 5 aliphatic carbocycles. The van der Waals surface area contributed by atoms with E-state index in [0.29, 0.717) is 6.42 Å². The van der Waals surface area contributed by atoms with Gasteiger partial charge in [0.25, 0.3) is 0 Å². The van der Waals surface area contributed by atoms with Crippen molar-refractivity contribution in [1.82, 2.24) is 4.98 Å². The normalized spacial score (nSPS) is 55.7. The van der Waals surface area contributed by atoms with Crippen LogP contribution in [0.2, 0.25) is 0 Å². The minimum Gasteiger partial charge on any atom is -0.386 e. The standard InChI is InChI=1S/C37H45NO6/c1-16-14-17-8-9-20-23-24-26(42-31(2,3)21-15-19(16)36(21,40)25(17)23)18-10-13-35(39)33(6,34(18,7)28(24)38-20)12-11-22-37(35)30(44-37)27-29(41-22)32(4,5)43-27/h8-9,18-19,21-22,26-27,29-30,38-40H,1,10-15H2,2-7H3/t18-,19?,21?,22?,26?,27?,29?,30?,33+,34+,35-,36?,37?/m0/s1. The molecule has 0 bridgehead atoms. The second-order valence-corrected chi connectivity index (χ2v) is 17.7. The number of hydrogen-bond donors (Lipinski definition) is 3. The highest BCUT2D eigenvalue weighted by Crippen LogP contribution is 2.78. The van der Waals surface area contributed by atoms with E-state index in [-0.39, 0.29) is 53.9 Å². The molecule has 7 heteroatoms. The molecular weight excluding hydrogens is 554 g/mol. The molecule has 7 nitrogen and oxygen atoms in total. The quantitative estimate of drug-likeness (QED) is 0.283. The van der Waals surface area contributed by atoms with Gasteiger partial charge in [-0.25, -0.2) is 0 Å². The molecule has 234 valence electrons. The zero-order valence-corrected chi connectivity index (χ0v) is 26.8. The SMILES string of the molecule is C=C1Cc2ccc3[nH]c4c5c3c2C2(O)C1CC2C(C)(C)OC5[C@@H]1CC[C@@]2(O)C35OC3C3OC(C)(C)C3OC5CC[C@]2(C)[C@@]41C. The first-order valence-electron chi connectivity index (χ1n) is 17.1. The van der Waals surface area contributed by atoms with Gasteiger partial charge in [-0.2, -0.15) is 0 Å². The molecule has 0 radical (unpaired) electrons. The average molecular weight is 600 g/mol. The Balaban J connectivity index is 1.13. The van der Waals surface area contributed by atoms with E-state index in [4.69, 9.17) is 18.9 Å². The molecule has 4 aliphatic heterocycles. The Labute approximate surface area is 258 Å². The van der Waals surface area contributed by atoms with Crippen LogP contribution in [-0.4, -0.2) is 62.0 Å². The van der Waals surface area contributed by atoms with Crippen LogP contribution in [0.15, 0.2) is 24.3 Å². The van der Waals surface area contributed by atoms with Gasteiger partial charge in [0.1, 0.15) is 29.5 Å². The third kappa shape index (κ3) is 2.27. The molecule has 3 saturated carbocycles. The first-order chi connectivity index (χ1) is 20.7. The second kappa shape index (κ2) is 6.93. The fourth-order valence-corrected chi connectivity index (χ4v) is 13.5. The summed E-state index contributed by atoms with van der Waals surface area (Å²) in [6, 6.07) is 4.42. The third-order valence-electron chi connectivity index (χ3n) is 15.7. The van der Waals surface area contributed by atoms with Gasteiger partial charge in [-0.15, -0.1) is 0 Å². The monoisotopic (exact) mass is 599 g/mol. The minimum atomic E-state index is -1.08. The highest BCUT2D eigenvalue weighted by molar-refractivity contribution is 5.93. The summed E-state index contributed by atoms with van der Waals surface area (Å²) in [5, 5.41) is 27.2. The molecular formula is C37H45NO6. The van der Waals surface area contributed by atoms with Gasteiger partial charge >= 0.3 is 0 Å². The third-order valence-corrected chi connectivity index (χ3v) is 15.7. The summed E-state index contributed by atoms with van der Waals surface area (Å²) < 4.78 is 27.2. The van der Waals surface area contributed by atoms with E-state index >= 15 is 0 Å². The predicted octanol–water partition coefficient (Wildman–Crippen LogP) is 5.25. The number of nitrogens with one attached hydrogen (secondary N) is 1. The van der Waals surface area contributed by atoms with Crippen molar-refractivity contribution < 1.29 is 29.2 Å². The van der Waals surface area contributed by atoms with Crippen molar-refractivity contribution >= 4 is 10.9 Å². The van der Waals surface area contributed by atoms with Crippen molar-refractivity contribution in [2.24, 2.45) is 23.2 Å². The topological polar surface area (TPSA) is 96.5 Å². The molecule has 3 saturated heterocycles. The predicted molar refractivity (Wildman–Crippen MR) is 162 cm³/mol. The highest BCUT2D eigenvalue weighted by Gasteiger charge is 2.88. The fraction of sp³-hybridized carbons (Fsp3) is 0.730. The maximum Gasteiger partial charge on any atom is 0.152 e. The van der Waals surface area contributed by atoms with Gasteiger partial charge in [-0.1, -0.05) is 32.1 Å². The number of epoxide rings is 1. The van der Waals surface area contributed by atoms with E-state index in [1.54, 1.807) is 0 Å². The van der Waals surface area contributed by atoms with Crippen molar-refractivity contribution in [3.63, 3.8) is 0 Å². The average Bonchev–Trinajstić information content (AvgIpc) is 3.51. The molecule has 44 heavy (non-hydrogen) atoms. The van der Waals surface area contributed by atoms with Crippen LogP contribution >= 0.6 is 0 Å². The van der Waals surface area contributed by atoms with Crippen LogP contribution in [0.1, 0.15) is 102 Å². The lowest BCUT2D eigenvalue weighted by atomic mass is 9.40. The van der Waals surface area contributed by atoms with Crippen LogP contribution in [0.25, 0.3) is 10.9 Å². The van der Waals surface area contributed by atoms with Gasteiger partial charge in [-0.05, 0) is 83.4 Å². The molecule has 3 N–H and O–H groups in total. The summed E-state index contributed by atoms with van der Waals surface area (Å²) in [5.74, 6) is 0.241. The molecule has 5 heterocycles. The molecule has 13 atom stereocenters. The van der Waals surface area contributed by atoms with Crippen LogP contribution in [-0.2, 0) is 36.4 Å². The minimum absolute atomic E-state index is 0.00803. The summed E-state index contributed by atoms with van der Waals surface area (Å²) in [4.78, 5) is 3.95. The van der Waals surface area contributed by atoms with Crippen molar-refractivity contribution in [2.75, 3.05) is 0 Å². The lowest BCUT2D eigenvalue weighted by molar-refractivity contribution is -0.345. The molecule has 2 aromatic rings. The van der Waals surface area contributed by atoms with Crippen molar-refractivity contribution in [2.45, 2.75) is 144 Å². The Bertz CT molecular complexity index is 1760. The Hall–Kier alpha value is -1.74. The first-order valence-corrected chi connectivity index (χ1v) is 17.1. The smallest absolute Gasteiger partial charge is 0.152 e. The number of rotatable bonds is 0. The van der Waals surface area contributed by atoms with Gasteiger partial charge in [-0.3, -0.25) is 0 Å². The van der Waals surface area contributed by atoms with Gasteiger partial charge in [0, 0.05) is 50.7 Å². The maximum atomic E-state index is 13.3. The van der Waals surface area contributed by atoms with E-state index in [1.165, 1.54) is 22.2 Å². The van der Waals surface area contributed by atoms with Gasteiger partial charge in [0.05, 0.1) is 23.4 Å². The second-order valence-electron chi connectivity index (χ2n) is 17.7. The van der Waals surface area contributed by atoms with Crippen molar-refractivity contribution in [1.29, 1.82) is 0 Å². The summed E-state index contributed by atoms with van der Waals surface area (Å²) in [7, 11) is 0. The number of aromatic nitrogens is 1. The van der Waals surface area contributed by atoms with Gasteiger partial charge < -0.3 is 34.1 Å². The molecule has 9 unspecified atom stereocenters. The number of fused-ring (bicyclic) bond motifs is 7. The summed E-state index contributed by atoms with van der Waals surface area (Å²) >= 11 is 0. The largest absolute Gasteiger partial charge is 0.386 e. The van der Waals surface area contributed by atoms with E-state index < -0.39 is 33.2 Å². The fourth-order valence-electron chi connectivity index (χ4n) is 13.5. The van der Waals surface area contributed by atoms with Crippen molar-refractivity contribution in [3.8, 4) is 0 Å². The Kier molecular flexibility index (Phi) is 4.15. The number of ether oxygens (including phenoxy) is 4. The van der Waals surface area contributed by atoms with E-state index in [0.717, 1.165) is 48.8 Å². The zero-order valence-electron chi connectivity index (χ0n) is 26.8. The van der Waals surface area contributed by atoms with Crippen LogP contribution in [0.3, 0.4) is 0 Å². The summed E-state index contributed by atoms with van der Waals surface area (Å²) in [6.07, 6.45) is 4.40. The van der Waals surface area contributed by atoms with E-state index in [1.807, 2.05) is 0 Å². The molecule has 9 aliphatic rings. The molecule has 1 aromatic heterocycles. The highest BCUT2D eigenvalue weighted by atomic mass is 16.7. The zero-order chi connectivity index (χ0) is 30.4. The van der Waals surface area contributed by atoms with Crippen molar-refractivity contribution in [3.05, 3.63) is 46.7 Å². The number of aromatic amines is 1. The van der Waals surface area contributed by atoms with E-state index in [9.17, 15) is 10.2 Å². The van der Waals surface area contributed by atoms with E-state index in [2.05, 4.69) is 65.2 Å². The van der Waals surface area contributed by atoms with Gasteiger partial charge in [0.15, 0.2) is 5.60 Å². The maximum absolute atomic E-state index is 13.3. The molecule has 11 rings (SSSR count). The van der Waals surface area contributed by atoms with Crippen LogP contribution in [0.4, 0.5) is 0 Å². The first kappa shape index (κ1) is 26.3. The summed E-state index contributed by atoms with van der Waals surface area (Å²) in [5.41, 5.74) is 2.41. The number of aliphatic hydroxyl groups is 2. The lowest BCUT2D eigenvalue weighted by Crippen LogP contribution is -2.79. The number of benzene rings is 1. The molecule has 0 amide bonds. The Morgan fingerprint density at radius 2 is 1.73 bits per heavy atom. The Morgan fingerprint density at radius 1 is 0.932 bits per heavy atom. The van der Waals surface area contributed by atoms with Gasteiger partial charge in [0.2, 0.25) is 0 Å². The number of hydrogen-bond acceptors (Lipinski definition) is 6. The van der Waals surface area contributed by atoms with Crippen LogP contribution < -0.4 is 0 Å². The Morgan fingerprint density at radius 3 is 2.50 bits per heavy atom. The molecule has 1 aromatic carbocycles. The van der Waals surface area contributed by atoms with Crippen LogP contribution in [0, 0.1) is 23.2 Å². The lowest BCUT2D eigenvalue weighted by Gasteiger charge is -2.68. The van der Waals surface area contributed by atoms with Crippen LogP contribution in [0.5, 0.6) is 0 Å². The molecule has 6 fully saturated rings. The number of H-pyrrole nitrogens is 1. The summed E-state index contributed by atoms with van der Waals surface area (Å²) in [6.45, 7) is 17.8.